The van der Waals surface area contributed by atoms with E-state index in [9.17, 15) is 4.39 Å². The van der Waals surface area contributed by atoms with E-state index in [0.29, 0.717) is 0 Å². The zero-order valence-corrected chi connectivity index (χ0v) is 8.83. The Labute approximate surface area is 92.5 Å². The van der Waals surface area contributed by atoms with Crippen molar-refractivity contribution in [3.8, 4) is 0 Å². The van der Waals surface area contributed by atoms with Crippen molar-refractivity contribution in [2.45, 2.75) is 0 Å². The van der Waals surface area contributed by atoms with Gasteiger partial charge in [0.1, 0.15) is 5.82 Å². The van der Waals surface area contributed by atoms with Gasteiger partial charge in [0.05, 0.1) is 11.0 Å². The normalized spacial score (nSPS) is 16.9. The van der Waals surface area contributed by atoms with Gasteiger partial charge >= 0.3 is 0 Å². The summed E-state index contributed by atoms with van der Waals surface area (Å²) in [5, 5.41) is 3.28. The third-order valence-electron chi connectivity index (χ3n) is 2.85. The van der Waals surface area contributed by atoms with Crippen molar-refractivity contribution < 1.29 is 4.39 Å². The molecule has 0 aliphatic carbocycles. The highest BCUT2D eigenvalue weighted by atomic mass is 19.1. The first-order valence-corrected chi connectivity index (χ1v) is 5.44. The molecule has 2 heterocycles. The lowest BCUT2D eigenvalue weighted by atomic mass is 10.3. The smallest absolute Gasteiger partial charge is 0.203 e. The van der Waals surface area contributed by atoms with E-state index in [1.165, 1.54) is 12.1 Å². The maximum absolute atomic E-state index is 13.0. The molecular formula is C11H13FN4. The van der Waals surface area contributed by atoms with Crippen LogP contribution >= 0.6 is 0 Å². The molecule has 0 spiro atoms. The minimum absolute atomic E-state index is 0.233. The lowest BCUT2D eigenvalue weighted by Gasteiger charge is -2.26. The van der Waals surface area contributed by atoms with Crippen LogP contribution in [0.15, 0.2) is 18.2 Å². The molecule has 16 heavy (non-hydrogen) atoms. The molecule has 1 aromatic carbocycles. The molecule has 0 unspecified atom stereocenters. The number of H-pyrrole nitrogens is 1. The number of rotatable bonds is 1. The van der Waals surface area contributed by atoms with Crippen LogP contribution in [0.1, 0.15) is 0 Å². The molecule has 0 radical (unpaired) electrons. The van der Waals surface area contributed by atoms with Crippen LogP contribution in [-0.2, 0) is 0 Å². The highest BCUT2D eigenvalue weighted by molar-refractivity contribution is 5.77. The van der Waals surface area contributed by atoms with E-state index in [2.05, 4.69) is 20.2 Å². The molecular weight excluding hydrogens is 207 g/mol. The molecule has 2 N–H and O–H groups in total. The molecule has 3 rings (SSSR count). The van der Waals surface area contributed by atoms with Crippen molar-refractivity contribution in [3.05, 3.63) is 24.0 Å². The fraction of sp³-hybridized carbons (Fsp3) is 0.364. The Morgan fingerprint density at radius 2 is 2.06 bits per heavy atom. The van der Waals surface area contributed by atoms with E-state index in [1.807, 2.05) is 0 Å². The van der Waals surface area contributed by atoms with Crippen LogP contribution in [0.25, 0.3) is 11.0 Å². The molecule has 1 aliphatic rings. The second kappa shape index (κ2) is 3.75. The summed E-state index contributed by atoms with van der Waals surface area (Å²) in [5.41, 5.74) is 1.57. The van der Waals surface area contributed by atoms with Gasteiger partial charge in [-0.05, 0) is 18.2 Å². The first-order valence-electron chi connectivity index (χ1n) is 5.44. The number of imidazole rings is 1. The number of aromatic amines is 1. The predicted molar refractivity (Wildman–Crippen MR) is 61.1 cm³/mol. The zero-order valence-electron chi connectivity index (χ0n) is 8.83. The van der Waals surface area contributed by atoms with Gasteiger partial charge in [-0.2, -0.15) is 0 Å². The summed E-state index contributed by atoms with van der Waals surface area (Å²) in [6.45, 7) is 3.79. The fourth-order valence-corrected chi connectivity index (χ4v) is 1.99. The molecule has 0 saturated carbocycles. The van der Waals surface area contributed by atoms with Crippen molar-refractivity contribution in [3.63, 3.8) is 0 Å². The van der Waals surface area contributed by atoms with Crippen LogP contribution in [0.2, 0.25) is 0 Å². The van der Waals surface area contributed by atoms with Crippen LogP contribution in [-0.4, -0.2) is 36.1 Å². The number of fused-ring (bicyclic) bond motifs is 1. The average molecular weight is 220 g/mol. The highest BCUT2D eigenvalue weighted by Gasteiger charge is 2.14. The van der Waals surface area contributed by atoms with Crippen LogP contribution in [0.3, 0.4) is 0 Å². The van der Waals surface area contributed by atoms with Gasteiger partial charge in [0, 0.05) is 26.2 Å². The van der Waals surface area contributed by atoms with E-state index in [1.54, 1.807) is 6.07 Å². The van der Waals surface area contributed by atoms with Gasteiger partial charge in [-0.25, -0.2) is 9.37 Å². The topological polar surface area (TPSA) is 44.0 Å². The van der Waals surface area contributed by atoms with Crippen molar-refractivity contribution in [2.24, 2.45) is 0 Å². The maximum Gasteiger partial charge on any atom is 0.203 e. The molecule has 4 nitrogen and oxygen atoms in total. The summed E-state index contributed by atoms with van der Waals surface area (Å²) in [6, 6.07) is 4.62. The van der Waals surface area contributed by atoms with Crippen molar-refractivity contribution in [1.82, 2.24) is 15.3 Å². The van der Waals surface area contributed by atoms with Gasteiger partial charge < -0.3 is 15.2 Å². The molecule has 0 atom stereocenters. The largest absolute Gasteiger partial charge is 0.340 e. The number of aromatic nitrogens is 2. The Morgan fingerprint density at radius 1 is 1.25 bits per heavy atom. The maximum atomic E-state index is 13.0. The van der Waals surface area contributed by atoms with Gasteiger partial charge in [0.2, 0.25) is 5.95 Å². The van der Waals surface area contributed by atoms with E-state index >= 15 is 0 Å². The third-order valence-corrected chi connectivity index (χ3v) is 2.85. The molecule has 1 aliphatic heterocycles. The molecule has 2 aromatic rings. The monoisotopic (exact) mass is 220 g/mol. The second-order valence-electron chi connectivity index (χ2n) is 3.96. The van der Waals surface area contributed by atoms with Crippen molar-refractivity contribution in [2.75, 3.05) is 31.1 Å². The Bertz CT molecular complexity index is 502. The summed E-state index contributed by atoms with van der Waals surface area (Å²) in [7, 11) is 0. The number of halogens is 1. The van der Waals surface area contributed by atoms with Crippen molar-refractivity contribution in [1.29, 1.82) is 0 Å². The highest BCUT2D eigenvalue weighted by Crippen LogP contribution is 2.18. The third kappa shape index (κ3) is 1.63. The summed E-state index contributed by atoms with van der Waals surface area (Å²) in [5.74, 6) is 0.602. The first kappa shape index (κ1) is 9.59. The number of hydrogen-bond acceptors (Lipinski definition) is 3. The van der Waals surface area contributed by atoms with E-state index < -0.39 is 0 Å². The van der Waals surface area contributed by atoms with Gasteiger partial charge in [-0.3, -0.25) is 0 Å². The molecule has 1 fully saturated rings. The van der Waals surface area contributed by atoms with E-state index in [0.717, 1.165) is 43.2 Å². The Morgan fingerprint density at radius 3 is 2.88 bits per heavy atom. The van der Waals surface area contributed by atoms with Crippen molar-refractivity contribution >= 4 is 17.0 Å². The fourth-order valence-electron chi connectivity index (χ4n) is 1.99. The second-order valence-corrected chi connectivity index (χ2v) is 3.96. The van der Waals surface area contributed by atoms with Crippen LogP contribution in [0.5, 0.6) is 0 Å². The van der Waals surface area contributed by atoms with E-state index in [-0.39, 0.29) is 5.82 Å². The summed E-state index contributed by atoms with van der Waals surface area (Å²) < 4.78 is 13.0. The van der Waals surface area contributed by atoms with Crippen LogP contribution in [0, 0.1) is 5.82 Å². The number of benzene rings is 1. The van der Waals surface area contributed by atoms with Gasteiger partial charge in [0.25, 0.3) is 0 Å². The zero-order chi connectivity index (χ0) is 11.0. The first-order chi connectivity index (χ1) is 7.83. The van der Waals surface area contributed by atoms with E-state index in [4.69, 9.17) is 0 Å². The SMILES string of the molecule is Fc1ccc2nc(N3CCNCC3)[nH]c2c1. The van der Waals surface area contributed by atoms with Crippen LogP contribution < -0.4 is 10.2 Å². The number of nitrogens with zero attached hydrogens (tertiary/aromatic N) is 2. The number of hydrogen-bond donors (Lipinski definition) is 2. The minimum Gasteiger partial charge on any atom is -0.340 e. The lowest BCUT2D eigenvalue weighted by Crippen LogP contribution is -2.44. The lowest BCUT2D eigenvalue weighted by molar-refractivity contribution is 0.582. The molecule has 0 bridgehead atoms. The Hall–Kier alpha value is -1.62. The summed E-state index contributed by atoms with van der Waals surface area (Å²) in [4.78, 5) is 9.78. The number of anilines is 1. The van der Waals surface area contributed by atoms with Crippen LogP contribution in [0.4, 0.5) is 10.3 Å². The molecule has 84 valence electrons. The molecule has 1 saturated heterocycles. The molecule has 5 heteroatoms. The summed E-state index contributed by atoms with van der Waals surface area (Å²) >= 11 is 0. The Balaban J connectivity index is 1.97. The number of nitrogens with one attached hydrogen (secondary N) is 2. The summed E-state index contributed by atoms with van der Waals surface area (Å²) in [6.07, 6.45) is 0. The predicted octanol–water partition coefficient (Wildman–Crippen LogP) is 1.11. The Kier molecular flexibility index (Phi) is 2.25. The standard InChI is InChI=1S/C11H13FN4/c12-8-1-2-9-10(7-8)15-11(14-9)16-5-3-13-4-6-16/h1-2,7,13H,3-6H2,(H,14,15). The number of piperazine rings is 1. The quantitative estimate of drug-likeness (QED) is 0.756. The van der Waals surface area contributed by atoms with Gasteiger partial charge in [0.15, 0.2) is 0 Å². The average Bonchev–Trinajstić information content (AvgIpc) is 2.73. The minimum atomic E-state index is -0.233. The molecule has 0 amide bonds. The van der Waals surface area contributed by atoms with Gasteiger partial charge in [-0.1, -0.05) is 0 Å². The molecule has 1 aromatic heterocycles. The van der Waals surface area contributed by atoms with Gasteiger partial charge in [-0.15, -0.1) is 0 Å².